The van der Waals surface area contributed by atoms with E-state index in [0.29, 0.717) is 11.3 Å². The minimum Gasteiger partial charge on any atom is -0.361 e. The summed E-state index contributed by atoms with van der Waals surface area (Å²) in [6.45, 7) is 4.52. The third-order valence-corrected chi connectivity index (χ3v) is 4.11. The molecule has 3 N–H and O–H groups in total. The van der Waals surface area contributed by atoms with Crippen LogP contribution in [0.5, 0.6) is 0 Å². The monoisotopic (exact) mass is 235 g/mol. The Balaban J connectivity index is 1.96. The molecule has 0 aromatic heterocycles. The zero-order valence-electron chi connectivity index (χ0n) is 10.1. The number of carbonyl (C=O) groups excluding carboxylic acids is 2. The Morgan fingerprint density at radius 1 is 1.59 bits per heavy atom. The highest BCUT2D eigenvalue weighted by molar-refractivity contribution is 6.34. The molecule has 2 bridgehead atoms. The number of primary amides is 1. The van der Waals surface area contributed by atoms with Crippen molar-refractivity contribution in [2.75, 3.05) is 0 Å². The van der Waals surface area contributed by atoms with Gasteiger partial charge in [-0.15, -0.1) is 0 Å². The number of nitrogens with zero attached hydrogens (tertiary/aromatic N) is 1. The van der Waals surface area contributed by atoms with Crippen LogP contribution in [0.1, 0.15) is 26.7 Å². The highest BCUT2D eigenvalue weighted by Crippen LogP contribution is 2.58. The quantitative estimate of drug-likeness (QED) is 0.416. The fraction of sp³-hybridized carbons (Fsp3) is 0.583. The van der Waals surface area contributed by atoms with Gasteiger partial charge in [0.15, 0.2) is 0 Å². The lowest BCUT2D eigenvalue weighted by Gasteiger charge is -2.55. The number of amides is 2. The Morgan fingerprint density at radius 3 is 2.82 bits per heavy atom. The molecule has 0 aromatic carbocycles. The number of hydrazone groups is 1. The summed E-state index contributed by atoms with van der Waals surface area (Å²) in [7, 11) is 0. The minimum absolute atomic E-state index is 0.323. The summed E-state index contributed by atoms with van der Waals surface area (Å²) in [6.07, 6.45) is 6.04. The van der Waals surface area contributed by atoms with Crippen LogP contribution in [0.3, 0.4) is 0 Å². The van der Waals surface area contributed by atoms with Gasteiger partial charge in [-0.2, -0.15) is 5.10 Å². The van der Waals surface area contributed by atoms with Crippen molar-refractivity contribution in [2.24, 2.45) is 28.1 Å². The maximum atomic E-state index is 10.9. The number of hydrogen-bond acceptors (Lipinski definition) is 3. The molecule has 0 heterocycles. The molecule has 3 rings (SSSR count). The number of allylic oxidation sites excluding steroid dienone is 2. The third kappa shape index (κ3) is 1.97. The summed E-state index contributed by atoms with van der Waals surface area (Å²) in [5, 5.41) is 3.76. The van der Waals surface area contributed by atoms with Crippen LogP contribution < -0.4 is 11.2 Å². The molecule has 5 nitrogen and oxygen atoms in total. The average Bonchev–Trinajstić information content (AvgIpc) is 2.28. The molecule has 2 atom stereocenters. The van der Waals surface area contributed by atoms with Gasteiger partial charge in [-0.05, 0) is 35.7 Å². The van der Waals surface area contributed by atoms with Crippen molar-refractivity contribution in [1.82, 2.24) is 5.43 Å². The molecule has 1 fully saturated rings. The maximum Gasteiger partial charge on any atom is 0.329 e. The zero-order chi connectivity index (χ0) is 12.6. The van der Waals surface area contributed by atoms with Crippen LogP contribution in [0, 0.1) is 17.3 Å². The van der Waals surface area contributed by atoms with E-state index in [0.717, 1.165) is 17.9 Å². The van der Waals surface area contributed by atoms with E-state index < -0.39 is 11.8 Å². The molecule has 3 aliphatic rings. The Bertz CT molecular complexity index is 423. The topological polar surface area (TPSA) is 84.6 Å². The van der Waals surface area contributed by atoms with Gasteiger partial charge >= 0.3 is 11.8 Å². The normalized spacial score (nSPS) is 29.4. The summed E-state index contributed by atoms with van der Waals surface area (Å²) in [6, 6.07) is 0. The number of fused-ring (bicyclic) bond motifs is 1. The Hall–Kier alpha value is -1.65. The Morgan fingerprint density at radius 2 is 2.29 bits per heavy atom. The van der Waals surface area contributed by atoms with E-state index in [4.69, 9.17) is 5.73 Å². The van der Waals surface area contributed by atoms with Gasteiger partial charge in [-0.3, -0.25) is 9.59 Å². The van der Waals surface area contributed by atoms with Gasteiger partial charge in [0.1, 0.15) is 0 Å². The van der Waals surface area contributed by atoms with Crippen molar-refractivity contribution >= 4 is 18.0 Å². The van der Waals surface area contributed by atoms with Gasteiger partial charge in [0.25, 0.3) is 0 Å². The van der Waals surface area contributed by atoms with E-state index in [9.17, 15) is 9.59 Å². The van der Waals surface area contributed by atoms with Gasteiger partial charge in [0.05, 0.1) is 6.21 Å². The molecular weight excluding hydrogens is 218 g/mol. The summed E-state index contributed by atoms with van der Waals surface area (Å²) < 4.78 is 0. The van der Waals surface area contributed by atoms with Crippen LogP contribution in [0.15, 0.2) is 16.8 Å². The molecule has 0 saturated heterocycles. The molecule has 92 valence electrons. The van der Waals surface area contributed by atoms with Crippen LogP contribution in [0.25, 0.3) is 0 Å². The Kier molecular flexibility index (Phi) is 2.77. The lowest BCUT2D eigenvalue weighted by Crippen LogP contribution is -2.48. The van der Waals surface area contributed by atoms with E-state index in [1.807, 2.05) is 0 Å². The first-order chi connectivity index (χ1) is 7.93. The first-order valence-electron chi connectivity index (χ1n) is 5.76. The van der Waals surface area contributed by atoms with Gasteiger partial charge in [0.2, 0.25) is 0 Å². The fourth-order valence-electron chi connectivity index (χ4n) is 2.77. The summed E-state index contributed by atoms with van der Waals surface area (Å²) in [5.74, 6) is -0.632. The first-order valence-corrected chi connectivity index (χ1v) is 5.76. The predicted molar refractivity (Wildman–Crippen MR) is 63.9 cm³/mol. The number of rotatable bonds is 2. The van der Waals surface area contributed by atoms with E-state index in [-0.39, 0.29) is 0 Å². The summed E-state index contributed by atoms with van der Waals surface area (Å²) >= 11 is 0. The molecule has 17 heavy (non-hydrogen) atoms. The number of carbonyl (C=O) groups is 2. The number of nitrogens with one attached hydrogen (secondary N) is 1. The van der Waals surface area contributed by atoms with Crippen molar-refractivity contribution < 1.29 is 9.59 Å². The molecule has 0 aromatic rings. The lowest BCUT2D eigenvalue weighted by molar-refractivity contribution is -0.137. The van der Waals surface area contributed by atoms with E-state index in [1.54, 1.807) is 6.21 Å². The van der Waals surface area contributed by atoms with Gasteiger partial charge < -0.3 is 5.73 Å². The highest BCUT2D eigenvalue weighted by atomic mass is 16.2. The molecule has 2 amide bonds. The maximum absolute atomic E-state index is 10.9. The van der Waals surface area contributed by atoms with Crippen molar-refractivity contribution in [3.05, 3.63) is 11.6 Å². The van der Waals surface area contributed by atoms with Crippen LogP contribution in [0.2, 0.25) is 0 Å². The van der Waals surface area contributed by atoms with E-state index in [2.05, 4.69) is 30.5 Å². The van der Waals surface area contributed by atoms with E-state index >= 15 is 0 Å². The molecule has 0 unspecified atom stereocenters. The van der Waals surface area contributed by atoms with Crippen LogP contribution >= 0.6 is 0 Å². The number of hydrogen-bond donors (Lipinski definition) is 2. The largest absolute Gasteiger partial charge is 0.361 e. The minimum atomic E-state index is -1.02. The third-order valence-electron chi connectivity index (χ3n) is 4.11. The fourth-order valence-corrected chi connectivity index (χ4v) is 2.77. The van der Waals surface area contributed by atoms with Crippen molar-refractivity contribution in [3.8, 4) is 0 Å². The highest BCUT2D eigenvalue weighted by Gasteiger charge is 2.50. The van der Waals surface area contributed by atoms with Gasteiger partial charge in [-0.25, -0.2) is 5.43 Å². The SMILES string of the molecule is CC1(C)[C@H]2CC=C(/C=N\NC(=O)C(N)=O)[C@@H]1C2. The van der Waals surface area contributed by atoms with Gasteiger partial charge in [-0.1, -0.05) is 19.9 Å². The Labute approximate surface area is 100 Å². The molecule has 0 spiro atoms. The lowest BCUT2D eigenvalue weighted by atomic mass is 9.49. The molecule has 3 aliphatic carbocycles. The molecule has 0 aliphatic heterocycles. The van der Waals surface area contributed by atoms with Gasteiger partial charge in [0, 0.05) is 0 Å². The first kappa shape index (κ1) is 11.8. The molecule has 5 heteroatoms. The zero-order valence-corrected chi connectivity index (χ0v) is 10.1. The number of nitrogens with two attached hydrogens (primary N) is 1. The second-order valence-corrected chi connectivity index (χ2v) is 5.31. The second-order valence-electron chi connectivity index (χ2n) is 5.31. The van der Waals surface area contributed by atoms with Crippen molar-refractivity contribution in [1.29, 1.82) is 0 Å². The standard InChI is InChI=1S/C12H17N3O2/c1-12(2)8-4-3-7(9(12)5-8)6-14-15-11(17)10(13)16/h3,6,8-9H,4-5H2,1-2H3,(H2,13,16)(H,15,17)/b14-6-/t8-,9-/m0/s1. The summed E-state index contributed by atoms with van der Waals surface area (Å²) in [4.78, 5) is 21.4. The predicted octanol–water partition coefficient (Wildman–Crippen LogP) is 0.566. The van der Waals surface area contributed by atoms with E-state index in [1.165, 1.54) is 6.42 Å². The van der Waals surface area contributed by atoms with Crippen molar-refractivity contribution in [2.45, 2.75) is 26.7 Å². The average molecular weight is 235 g/mol. The van der Waals surface area contributed by atoms with Crippen LogP contribution in [0.4, 0.5) is 0 Å². The molecule has 0 radical (unpaired) electrons. The second kappa shape index (κ2) is 3.98. The van der Waals surface area contributed by atoms with Crippen LogP contribution in [-0.2, 0) is 9.59 Å². The van der Waals surface area contributed by atoms with Crippen LogP contribution in [-0.4, -0.2) is 18.0 Å². The molecule has 1 saturated carbocycles. The summed E-state index contributed by atoms with van der Waals surface area (Å²) in [5.41, 5.74) is 8.37. The smallest absolute Gasteiger partial charge is 0.329 e. The van der Waals surface area contributed by atoms with Crippen molar-refractivity contribution in [3.63, 3.8) is 0 Å². The molecular formula is C12H17N3O2.